The molecule has 11 heterocycles. The standard InChI is InChI=1S/C24H23ClF2N2O5S.C24H23ClF2N2O3S.C23H22ClF2NO2S.C23H23ClF2O3S.C3H3ClN2O/c25-16-3-1-15(2-4-16)11-24-8-9-32-20(7-10-35(30,31)13-21-28-14-34-29-21)17(24)12-33-23-19(27)6-5-18(26)22(23)24;25-16-3-1-15(2-4-16)11-24-8-9-30-20(7-10-33-13-21-28-14-32-29-21)17(24)12-31-23-19(27)6-5-18(26)22(23)24;24-16-3-1-15(2-4-16)13-23-8-10-28-20(7-11-30-12-9-27)17(23)14-29-22-19(26)6-5-18(25)21(22)23;1-14(27)30-11-8-20-17-13-29-22-19(26)7-6-18(25)21(22)23(17,9-10-28-20)12-15-2-4-16(24)5-3-15;4-1-3-5-2-7-6-3/h1-6,14,17,20H,7-13H2;1-6,14,17,20H,7-13H2;1-6,17,20H,7-8,10-14H2;2-7,17,20H,8-13H2,1H3;2H,1H2/t2*17-,20-,24-;2*17-,20-,23-;/m0000./s1. The van der Waals surface area contributed by atoms with Crippen LogP contribution in [0, 0.1) is 81.5 Å². The highest BCUT2D eigenvalue weighted by Gasteiger charge is 2.58. The number of nitriles is 1. The Morgan fingerprint density at radius 2 is 0.711 bits per heavy atom. The third kappa shape index (κ3) is 23.6. The van der Waals surface area contributed by atoms with Crippen molar-refractivity contribution < 1.29 is 99.8 Å². The second kappa shape index (κ2) is 45.9. The molecule has 0 amide bonds. The lowest BCUT2D eigenvalue weighted by molar-refractivity contribution is -0.109. The van der Waals surface area contributed by atoms with Crippen molar-refractivity contribution in [2.45, 2.75) is 147 Å². The van der Waals surface area contributed by atoms with E-state index in [0.717, 1.165) is 83.3 Å². The molecule has 0 spiro atoms. The Hall–Kier alpha value is -8.73. The zero-order valence-corrected chi connectivity index (χ0v) is 79.9. The van der Waals surface area contributed by atoms with Crippen LogP contribution in [-0.2, 0) is 98.3 Å². The minimum Gasteiger partial charge on any atom is -0.490 e. The van der Waals surface area contributed by atoms with Crippen LogP contribution in [0.1, 0.15) is 120 Å². The van der Waals surface area contributed by atoms with Crippen molar-refractivity contribution >= 4 is 108 Å². The highest BCUT2D eigenvalue weighted by Crippen LogP contribution is 2.58. The van der Waals surface area contributed by atoms with Crippen LogP contribution < -0.4 is 18.9 Å². The molecule has 716 valence electrons. The molecule has 4 saturated heterocycles. The number of hydrogen-bond donors (Lipinski definition) is 0. The van der Waals surface area contributed by atoms with Gasteiger partial charge in [0.25, 0.3) is 0 Å². The maximum Gasteiger partial charge on any atom is 0.213 e. The molecular formula is C97H94Cl5F8N7O14S4. The van der Waals surface area contributed by atoms with Gasteiger partial charge in [0.1, 0.15) is 29.0 Å². The van der Waals surface area contributed by atoms with E-state index >= 15 is 17.6 Å². The van der Waals surface area contributed by atoms with Crippen molar-refractivity contribution in [1.29, 1.82) is 5.26 Å². The van der Waals surface area contributed by atoms with Gasteiger partial charge in [-0.25, -0.2) is 43.5 Å². The topological polar surface area (TPSA) is 266 Å². The first-order valence-corrected chi connectivity index (χ1v) is 51.0. The molecule has 12 atom stereocenters. The fraction of sp³-hybridized carbons (Fsp3) is 0.423. The quantitative estimate of drug-likeness (QED) is 0.0277. The number of rotatable bonds is 26. The van der Waals surface area contributed by atoms with Crippen molar-refractivity contribution in [1.82, 2.24) is 30.4 Å². The maximum absolute atomic E-state index is 15.3. The van der Waals surface area contributed by atoms with E-state index < -0.39 is 90.1 Å². The van der Waals surface area contributed by atoms with Gasteiger partial charge in [0.2, 0.25) is 19.2 Å². The van der Waals surface area contributed by atoms with Crippen molar-refractivity contribution in [3.63, 3.8) is 0 Å². The van der Waals surface area contributed by atoms with E-state index in [1.165, 1.54) is 49.7 Å². The third-order valence-electron chi connectivity index (χ3n) is 26.3. The second-order valence-electron chi connectivity index (χ2n) is 34.1. The zero-order valence-electron chi connectivity index (χ0n) is 72.9. The predicted octanol–water partition coefficient (Wildman–Crippen LogP) is 21.8. The van der Waals surface area contributed by atoms with E-state index in [0.29, 0.717) is 149 Å². The zero-order chi connectivity index (χ0) is 95.0. The molecule has 4 fully saturated rings. The molecule has 8 aliphatic heterocycles. The fourth-order valence-electron chi connectivity index (χ4n) is 20.3. The van der Waals surface area contributed by atoms with Gasteiger partial charge in [0, 0.05) is 127 Å². The van der Waals surface area contributed by atoms with E-state index in [2.05, 4.69) is 45.5 Å². The second-order valence-corrected chi connectivity index (χ2v) is 41.8. The largest absolute Gasteiger partial charge is 0.490 e. The minimum atomic E-state index is -3.56. The summed E-state index contributed by atoms with van der Waals surface area (Å²) < 4.78 is 206. The number of thioether (sulfide) groups is 3. The number of alkyl halides is 1. The minimum absolute atomic E-state index is 0.0129. The first-order valence-electron chi connectivity index (χ1n) is 43.8. The molecule has 0 unspecified atom stereocenters. The number of fused-ring (bicyclic) bond motifs is 12. The summed E-state index contributed by atoms with van der Waals surface area (Å²) in [5, 5.41) is 22.1. The lowest BCUT2D eigenvalue weighted by Crippen LogP contribution is -2.55. The summed E-state index contributed by atoms with van der Waals surface area (Å²) >= 11 is 34.0. The van der Waals surface area contributed by atoms with Crippen molar-refractivity contribution in [3.8, 4) is 29.1 Å². The summed E-state index contributed by atoms with van der Waals surface area (Å²) in [6, 6.07) is 41.0. The highest BCUT2D eigenvalue weighted by atomic mass is 35.5. The SMILES string of the molecule is CC(=O)SCC[C@@H]1OCC[C@@]2(Cc3ccc(Cl)cc3)c3c(F)ccc(F)c3OC[C@@H]12.ClCc1ncon1.Fc1ccc(F)c2c1OC[C@H]1[C@H](CCSCc3ncon3)OCC[C@@]21Cc1ccc(Cl)cc1.N#CCSCC[C@@H]1OCC[C@@]2(Cc3ccc(Cl)cc3)c3c(F)ccc(F)c3OC[C@@H]12.O=S(=O)(CC[C@@H]1OCC[C@@]2(Cc3ccc(Cl)cc3)c3c(F)ccc(F)c3OC[C@@H]12)Cc1ncon1. The number of sulfone groups is 1. The molecule has 21 nitrogen and oxygen atoms in total. The summed E-state index contributed by atoms with van der Waals surface area (Å²) in [6.45, 7) is 4.06. The van der Waals surface area contributed by atoms with Crippen LogP contribution in [0.3, 0.4) is 0 Å². The number of ether oxygens (including phenoxy) is 8. The number of nitrogens with zero attached hydrogens (tertiary/aromatic N) is 7. The first-order chi connectivity index (χ1) is 65.2. The van der Waals surface area contributed by atoms with Crippen molar-refractivity contribution in [3.05, 3.63) is 293 Å². The molecule has 0 radical (unpaired) electrons. The average molecular weight is 2040 g/mol. The number of carbonyl (C=O) groups excluding carboxylic acids is 1. The Kier molecular flexibility index (Phi) is 34.2. The molecule has 3 aromatic heterocycles. The van der Waals surface area contributed by atoms with Gasteiger partial charge in [-0.15, -0.1) is 23.4 Å². The maximum atomic E-state index is 15.3. The Balaban J connectivity index is 0.000000134. The van der Waals surface area contributed by atoms with Crippen LogP contribution in [0.5, 0.6) is 23.0 Å². The molecule has 11 aromatic rings. The van der Waals surface area contributed by atoms with E-state index in [1.54, 1.807) is 35.7 Å². The summed E-state index contributed by atoms with van der Waals surface area (Å²) in [4.78, 5) is 22.8. The number of benzene rings is 8. The average Bonchev–Trinajstić information content (AvgIpc) is 1.22. The van der Waals surface area contributed by atoms with E-state index in [-0.39, 0.29) is 127 Å². The normalized spacial score (nSPS) is 23.7. The van der Waals surface area contributed by atoms with Gasteiger partial charge in [-0.3, -0.25) is 4.79 Å². The highest BCUT2D eigenvalue weighted by molar-refractivity contribution is 8.13. The monoisotopic (exact) mass is 2040 g/mol. The predicted molar refractivity (Wildman–Crippen MR) is 497 cm³/mol. The molecule has 0 saturated carbocycles. The molecule has 8 aromatic carbocycles. The van der Waals surface area contributed by atoms with Gasteiger partial charge in [0.15, 0.2) is 78.7 Å². The fourth-order valence-corrected chi connectivity index (χ4v) is 24.3. The molecule has 0 bridgehead atoms. The Bertz CT molecular complexity index is 5990. The van der Waals surface area contributed by atoms with Gasteiger partial charge in [0.05, 0.1) is 80.1 Å². The van der Waals surface area contributed by atoms with Crippen molar-refractivity contribution in [2.24, 2.45) is 23.7 Å². The van der Waals surface area contributed by atoms with E-state index in [1.807, 2.05) is 84.9 Å². The first kappa shape index (κ1) is 101. The molecule has 0 N–H and O–H groups in total. The van der Waals surface area contributed by atoms with Crippen LogP contribution in [0.4, 0.5) is 35.1 Å². The molecule has 38 heteroatoms. The number of carbonyl (C=O) groups is 1. The smallest absolute Gasteiger partial charge is 0.213 e. The number of aromatic nitrogens is 6. The van der Waals surface area contributed by atoms with Gasteiger partial charge in [-0.05, 0) is 208 Å². The van der Waals surface area contributed by atoms with Crippen LogP contribution >= 0.6 is 93.3 Å². The molecule has 0 aliphatic carbocycles. The lowest BCUT2D eigenvalue weighted by atomic mass is 9.60. The number of hydrogen-bond acceptors (Lipinski definition) is 24. The van der Waals surface area contributed by atoms with Crippen LogP contribution in [0.15, 0.2) is 178 Å². The van der Waals surface area contributed by atoms with Gasteiger partial charge in [-0.1, -0.05) is 122 Å². The molecule has 135 heavy (non-hydrogen) atoms. The Morgan fingerprint density at radius 3 is 1.01 bits per heavy atom. The van der Waals surface area contributed by atoms with Crippen LogP contribution in [0.25, 0.3) is 0 Å². The van der Waals surface area contributed by atoms with Crippen LogP contribution in [-0.4, -0.2) is 150 Å². The summed E-state index contributed by atoms with van der Waals surface area (Å²) in [7, 11) is -3.56. The van der Waals surface area contributed by atoms with Crippen LogP contribution in [0.2, 0.25) is 20.1 Å². The summed E-state index contributed by atoms with van der Waals surface area (Å²) in [6.07, 6.45) is 9.13. The Labute approximate surface area is 813 Å². The third-order valence-corrected chi connectivity index (χ3v) is 31.8. The van der Waals surface area contributed by atoms with Gasteiger partial charge < -0.3 is 51.5 Å². The van der Waals surface area contributed by atoms with E-state index in [9.17, 15) is 30.8 Å². The Morgan fingerprint density at radius 1 is 0.415 bits per heavy atom. The number of halogens is 13. The molecular weight excluding hydrogens is 1940 g/mol. The summed E-state index contributed by atoms with van der Waals surface area (Å²) in [5.41, 5.74) is 2.34. The van der Waals surface area contributed by atoms with Crippen molar-refractivity contribution in [2.75, 3.05) is 81.6 Å². The van der Waals surface area contributed by atoms with E-state index in [4.69, 9.17) is 106 Å². The van der Waals surface area contributed by atoms with Gasteiger partial charge >= 0.3 is 0 Å². The summed E-state index contributed by atoms with van der Waals surface area (Å²) in [5.74, 6) is -0.595. The van der Waals surface area contributed by atoms with Gasteiger partial charge in [-0.2, -0.15) is 32.0 Å². The molecule has 19 rings (SSSR count). The molecule has 8 aliphatic rings. The lowest BCUT2D eigenvalue weighted by Gasteiger charge is -2.51.